The minimum Gasteiger partial charge on any atom is -0.478 e. The summed E-state index contributed by atoms with van der Waals surface area (Å²) in [7, 11) is 0. The Balaban J connectivity index is 1.43. The first-order valence-electron chi connectivity index (χ1n) is 8.99. The van der Waals surface area contributed by atoms with Gasteiger partial charge in [0.05, 0.1) is 0 Å². The predicted octanol–water partition coefficient (Wildman–Crippen LogP) is 3.99. The molecule has 1 fully saturated rings. The second-order valence-electron chi connectivity index (χ2n) is 6.64. The van der Waals surface area contributed by atoms with E-state index >= 15 is 0 Å². The first kappa shape index (κ1) is 17.3. The van der Waals surface area contributed by atoms with Gasteiger partial charge in [-0.05, 0) is 31.4 Å². The molecule has 3 aromatic rings. The van der Waals surface area contributed by atoms with E-state index in [9.17, 15) is 4.79 Å². The molecule has 27 heavy (non-hydrogen) atoms. The van der Waals surface area contributed by atoms with Gasteiger partial charge < -0.3 is 14.6 Å². The number of anilines is 1. The highest BCUT2D eigenvalue weighted by Gasteiger charge is 2.20. The zero-order valence-electron chi connectivity index (χ0n) is 15.1. The van der Waals surface area contributed by atoms with Gasteiger partial charge in [-0.2, -0.15) is 0 Å². The molecular formula is C21H21N3O3. The van der Waals surface area contributed by atoms with Crippen LogP contribution in [-0.2, 0) is 0 Å². The molecular weight excluding hydrogens is 342 g/mol. The van der Waals surface area contributed by atoms with Gasteiger partial charge in [-0.1, -0.05) is 41.6 Å². The number of nitrogens with zero attached hydrogens (tertiary/aromatic N) is 1. The van der Waals surface area contributed by atoms with Crippen LogP contribution in [0.4, 0.5) is 5.69 Å². The molecule has 1 amide bonds. The maximum absolute atomic E-state index is 12.5. The molecule has 0 unspecified atom stereocenters. The lowest BCUT2D eigenvalue weighted by molar-refractivity contribution is 0.0988. The van der Waals surface area contributed by atoms with E-state index in [0.29, 0.717) is 29.9 Å². The average molecular weight is 363 g/mol. The van der Waals surface area contributed by atoms with E-state index in [1.165, 1.54) is 12.8 Å². The van der Waals surface area contributed by atoms with Crippen LogP contribution in [0.15, 0.2) is 59.1 Å². The number of carbonyl (C=O) groups is 1. The predicted molar refractivity (Wildman–Crippen MR) is 103 cm³/mol. The van der Waals surface area contributed by atoms with E-state index in [4.69, 9.17) is 9.26 Å². The summed E-state index contributed by atoms with van der Waals surface area (Å²) in [6.45, 7) is 2.39. The number of amides is 1. The monoisotopic (exact) mass is 363 g/mol. The molecule has 4 rings (SSSR count). The fraction of sp³-hybridized carbons (Fsp3) is 0.238. The summed E-state index contributed by atoms with van der Waals surface area (Å²) in [5.74, 6) is 0.516. The van der Waals surface area contributed by atoms with Crippen molar-refractivity contribution in [3.8, 4) is 17.0 Å². The third-order valence-electron chi connectivity index (χ3n) is 4.45. The van der Waals surface area contributed by atoms with Gasteiger partial charge in [-0.25, -0.2) is 0 Å². The summed E-state index contributed by atoms with van der Waals surface area (Å²) in [6.07, 6.45) is 2.42. The quantitative estimate of drug-likeness (QED) is 0.621. The van der Waals surface area contributed by atoms with Crippen molar-refractivity contribution >= 4 is 11.6 Å². The third-order valence-corrected chi connectivity index (χ3v) is 4.45. The van der Waals surface area contributed by atoms with Gasteiger partial charge in [0.25, 0.3) is 5.91 Å². The zero-order valence-corrected chi connectivity index (χ0v) is 15.1. The third kappa shape index (κ3) is 4.35. The summed E-state index contributed by atoms with van der Waals surface area (Å²) < 4.78 is 10.9. The molecule has 1 saturated carbocycles. The van der Waals surface area contributed by atoms with Gasteiger partial charge in [-0.15, -0.1) is 0 Å². The molecule has 138 valence electrons. The first-order chi connectivity index (χ1) is 13.2. The van der Waals surface area contributed by atoms with Crippen LogP contribution >= 0.6 is 0 Å². The number of aromatic nitrogens is 1. The van der Waals surface area contributed by atoms with Crippen molar-refractivity contribution in [3.63, 3.8) is 0 Å². The lowest BCUT2D eigenvalue weighted by Gasteiger charge is -2.11. The van der Waals surface area contributed by atoms with E-state index in [0.717, 1.165) is 11.1 Å². The smallest absolute Gasteiger partial charge is 0.294 e. The molecule has 1 aliphatic carbocycles. The van der Waals surface area contributed by atoms with Crippen molar-refractivity contribution in [2.24, 2.45) is 0 Å². The molecule has 1 heterocycles. The molecule has 1 aliphatic rings. The zero-order chi connectivity index (χ0) is 18.6. The van der Waals surface area contributed by atoms with Gasteiger partial charge >= 0.3 is 0 Å². The highest BCUT2D eigenvalue weighted by molar-refractivity contribution is 6.03. The number of rotatable bonds is 7. The second kappa shape index (κ2) is 7.63. The molecule has 0 radical (unpaired) electrons. The molecule has 1 aromatic heterocycles. The van der Waals surface area contributed by atoms with Gasteiger partial charge in [0.2, 0.25) is 5.76 Å². The summed E-state index contributed by atoms with van der Waals surface area (Å²) >= 11 is 0. The topological polar surface area (TPSA) is 76.4 Å². The van der Waals surface area contributed by atoms with Crippen LogP contribution in [0, 0.1) is 6.92 Å². The van der Waals surface area contributed by atoms with E-state index in [2.05, 4.69) is 15.8 Å². The van der Waals surface area contributed by atoms with Crippen LogP contribution in [0.1, 0.15) is 29.0 Å². The molecule has 0 spiro atoms. The number of benzene rings is 2. The van der Waals surface area contributed by atoms with Crippen molar-refractivity contribution in [1.29, 1.82) is 0 Å². The lowest BCUT2D eigenvalue weighted by Crippen LogP contribution is -2.22. The highest BCUT2D eigenvalue weighted by Crippen LogP contribution is 2.24. The Morgan fingerprint density at radius 3 is 2.78 bits per heavy atom. The lowest BCUT2D eigenvalue weighted by atomic mass is 10.1. The summed E-state index contributed by atoms with van der Waals surface area (Å²) in [5.41, 5.74) is 3.14. The van der Waals surface area contributed by atoms with Crippen LogP contribution in [0.25, 0.3) is 11.3 Å². The Kier molecular flexibility index (Phi) is 4.89. The standard InChI is InChI=1S/C21H21N3O3/c1-14-7-10-17(26-13-22-16-8-9-16)11-18(14)23-21(25)20-12-19(24-27-20)15-5-3-2-4-6-15/h2-7,10-12,16,22H,8-9,13H2,1H3,(H,23,25). The SMILES string of the molecule is Cc1ccc(OCNC2CC2)cc1NC(=O)c1cc(-c2ccccc2)no1. The maximum Gasteiger partial charge on any atom is 0.294 e. The number of ether oxygens (including phenoxy) is 1. The maximum atomic E-state index is 12.5. The molecule has 2 aromatic carbocycles. The van der Waals surface area contributed by atoms with Crippen LogP contribution in [0.2, 0.25) is 0 Å². The van der Waals surface area contributed by atoms with Crippen LogP contribution in [0.3, 0.4) is 0 Å². The van der Waals surface area contributed by atoms with Crippen molar-refractivity contribution in [2.45, 2.75) is 25.8 Å². The van der Waals surface area contributed by atoms with Crippen LogP contribution in [-0.4, -0.2) is 23.8 Å². The van der Waals surface area contributed by atoms with E-state index in [-0.39, 0.29) is 11.7 Å². The molecule has 0 aliphatic heterocycles. The van der Waals surface area contributed by atoms with Gasteiger partial charge in [0.1, 0.15) is 18.2 Å². The summed E-state index contributed by atoms with van der Waals surface area (Å²) in [6, 6.07) is 17.4. The first-order valence-corrected chi connectivity index (χ1v) is 8.99. The summed E-state index contributed by atoms with van der Waals surface area (Å²) in [4.78, 5) is 12.5. The largest absolute Gasteiger partial charge is 0.478 e. The Morgan fingerprint density at radius 1 is 1.19 bits per heavy atom. The Bertz CT molecular complexity index is 933. The Labute approximate surface area is 157 Å². The molecule has 6 heteroatoms. The van der Waals surface area contributed by atoms with Crippen molar-refractivity contribution in [3.05, 3.63) is 65.9 Å². The minimum absolute atomic E-state index is 0.162. The average Bonchev–Trinajstić information content (AvgIpc) is 3.37. The van der Waals surface area contributed by atoms with Gasteiger partial charge in [0.15, 0.2) is 0 Å². The van der Waals surface area contributed by atoms with Crippen molar-refractivity contribution in [2.75, 3.05) is 12.0 Å². The minimum atomic E-state index is -0.346. The number of hydrogen-bond donors (Lipinski definition) is 2. The Morgan fingerprint density at radius 2 is 2.00 bits per heavy atom. The number of aryl methyl sites for hydroxylation is 1. The highest BCUT2D eigenvalue weighted by atomic mass is 16.5. The summed E-state index contributed by atoms with van der Waals surface area (Å²) in [5, 5.41) is 10.1. The van der Waals surface area contributed by atoms with E-state index in [1.807, 2.05) is 55.5 Å². The van der Waals surface area contributed by atoms with Crippen LogP contribution in [0.5, 0.6) is 5.75 Å². The molecule has 0 saturated heterocycles. The molecule has 0 bridgehead atoms. The van der Waals surface area contributed by atoms with Crippen LogP contribution < -0.4 is 15.4 Å². The fourth-order valence-corrected chi connectivity index (χ4v) is 2.67. The van der Waals surface area contributed by atoms with E-state index in [1.54, 1.807) is 6.07 Å². The number of carbonyl (C=O) groups excluding carboxylic acids is 1. The van der Waals surface area contributed by atoms with Crippen molar-refractivity contribution < 1.29 is 14.1 Å². The Hall–Kier alpha value is -3.12. The number of hydrogen-bond acceptors (Lipinski definition) is 5. The molecule has 6 nitrogen and oxygen atoms in total. The van der Waals surface area contributed by atoms with Crippen molar-refractivity contribution in [1.82, 2.24) is 10.5 Å². The molecule has 2 N–H and O–H groups in total. The van der Waals surface area contributed by atoms with Gasteiger partial charge in [-0.3, -0.25) is 10.1 Å². The van der Waals surface area contributed by atoms with E-state index < -0.39 is 0 Å². The number of nitrogens with one attached hydrogen (secondary N) is 2. The van der Waals surface area contributed by atoms with Gasteiger partial charge in [0, 0.05) is 29.4 Å². The normalized spacial score (nSPS) is 13.4. The second-order valence-corrected chi connectivity index (χ2v) is 6.64. The fourth-order valence-electron chi connectivity index (χ4n) is 2.67. The molecule has 0 atom stereocenters.